The minimum absolute atomic E-state index is 0. The number of hydrogen-bond acceptors (Lipinski definition) is 4. The van der Waals surface area contributed by atoms with Crippen molar-refractivity contribution in [2.24, 2.45) is 4.99 Å². The van der Waals surface area contributed by atoms with Crippen molar-refractivity contribution in [3.63, 3.8) is 0 Å². The van der Waals surface area contributed by atoms with Crippen LogP contribution in [0.2, 0.25) is 0 Å². The third kappa shape index (κ3) is 7.90. The number of aliphatic imine (C=N–C) groups is 1. The van der Waals surface area contributed by atoms with E-state index in [0.29, 0.717) is 19.1 Å². The second-order valence-electron chi connectivity index (χ2n) is 6.19. The molecular formula is C19H29IN4OS. The van der Waals surface area contributed by atoms with Gasteiger partial charge in [0.05, 0.1) is 18.8 Å². The van der Waals surface area contributed by atoms with Gasteiger partial charge in [-0.1, -0.05) is 31.5 Å². The maximum absolute atomic E-state index is 5.72. The molecule has 0 amide bonds. The van der Waals surface area contributed by atoms with Crippen molar-refractivity contribution in [3.05, 3.63) is 45.9 Å². The van der Waals surface area contributed by atoms with Gasteiger partial charge in [0.2, 0.25) is 0 Å². The molecule has 0 bridgehead atoms. The molecule has 0 aliphatic rings. The maximum atomic E-state index is 5.72. The number of thiazole rings is 1. The van der Waals surface area contributed by atoms with Crippen LogP contribution < -0.4 is 15.4 Å². The number of aromatic nitrogens is 1. The quantitative estimate of drug-likeness (QED) is 0.252. The van der Waals surface area contributed by atoms with E-state index in [0.717, 1.165) is 35.4 Å². The maximum Gasteiger partial charge on any atom is 0.191 e. The normalized spacial score (nSPS) is 11.2. The third-order valence-corrected chi connectivity index (χ3v) is 4.56. The first-order chi connectivity index (χ1) is 12.1. The van der Waals surface area contributed by atoms with Crippen LogP contribution in [-0.2, 0) is 6.54 Å². The number of rotatable bonds is 8. The fourth-order valence-electron chi connectivity index (χ4n) is 2.15. The van der Waals surface area contributed by atoms with Crippen molar-refractivity contribution in [2.75, 3.05) is 20.2 Å². The summed E-state index contributed by atoms with van der Waals surface area (Å²) in [5.74, 6) is 2.17. The lowest BCUT2D eigenvalue weighted by Crippen LogP contribution is -2.37. The number of aryl methyl sites for hydroxylation is 1. The first kappa shape index (κ1) is 22.7. The molecule has 1 aromatic heterocycles. The van der Waals surface area contributed by atoms with E-state index >= 15 is 0 Å². The Morgan fingerprint density at radius 3 is 2.58 bits per heavy atom. The van der Waals surface area contributed by atoms with Gasteiger partial charge in [-0.05, 0) is 31.4 Å². The molecule has 2 aromatic rings. The number of nitrogens with zero attached hydrogens (tertiary/aromatic N) is 2. The molecular weight excluding hydrogens is 459 g/mol. The van der Waals surface area contributed by atoms with Crippen LogP contribution in [0.4, 0.5) is 0 Å². The van der Waals surface area contributed by atoms with E-state index in [2.05, 4.69) is 58.9 Å². The lowest BCUT2D eigenvalue weighted by Gasteiger charge is -2.11. The van der Waals surface area contributed by atoms with E-state index in [4.69, 9.17) is 4.74 Å². The first-order valence-electron chi connectivity index (χ1n) is 8.66. The number of ether oxygens (including phenoxy) is 1. The third-order valence-electron chi connectivity index (χ3n) is 3.69. The zero-order valence-corrected chi connectivity index (χ0v) is 19.1. The molecule has 7 heteroatoms. The molecule has 0 fully saturated rings. The van der Waals surface area contributed by atoms with E-state index in [1.165, 1.54) is 5.56 Å². The Morgan fingerprint density at radius 1 is 1.23 bits per heavy atom. The molecule has 2 N–H and O–H groups in total. The molecule has 144 valence electrons. The zero-order valence-electron chi connectivity index (χ0n) is 15.9. The van der Waals surface area contributed by atoms with E-state index in [9.17, 15) is 0 Å². The largest absolute Gasteiger partial charge is 0.494 e. The summed E-state index contributed by atoms with van der Waals surface area (Å²) in [6.07, 6.45) is 0.906. The van der Waals surface area contributed by atoms with E-state index in [-0.39, 0.29) is 24.0 Å². The van der Waals surface area contributed by atoms with E-state index in [1.54, 1.807) is 18.4 Å². The smallest absolute Gasteiger partial charge is 0.191 e. The van der Waals surface area contributed by atoms with Gasteiger partial charge in [-0.3, -0.25) is 4.99 Å². The number of halogens is 1. The van der Waals surface area contributed by atoms with Gasteiger partial charge >= 0.3 is 0 Å². The van der Waals surface area contributed by atoms with Crippen molar-refractivity contribution in [1.29, 1.82) is 0 Å². The molecule has 2 rings (SSSR count). The highest BCUT2D eigenvalue weighted by Crippen LogP contribution is 2.17. The number of hydrogen-bond donors (Lipinski definition) is 2. The van der Waals surface area contributed by atoms with Crippen LogP contribution in [0.25, 0.3) is 0 Å². The van der Waals surface area contributed by atoms with Crippen molar-refractivity contribution >= 4 is 41.3 Å². The van der Waals surface area contributed by atoms with Gasteiger partial charge in [0.1, 0.15) is 10.8 Å². The second kappa shape index (κ2) is 12.1. The van der Waals surface area contributed by atoms with Crippen LogP contribution in [0.15, 0.2) is 34.6 Å². The molecule has 0 atom stereocenters. The van der Waals surface area contributed by atoms with Gasteiger partial charge in [0.15, 0.2) is 5.96 Å². The molecule has 1 heterocycles. The SMILES string of the molecule is CN=C(NCCCOc1ccc(C)cc1)NCc1nc(C(C)C)cs1.I. The Morgan fingerprint density at radius 2 is 1.96 bits per heavy atom. The zero-order chi connectivity index (χ0) is 18.1. The lowest BCUT2D eigenvalue weighted by atomic mass is 10.2. The van der Waals surface area contributed by atoms with Crippen LogP contribution in [0.1, 0.15) is 42.5 Å². The average Bonchev–Trinajstić information content (AvgIpc) is 3.08. The molecule has 1 aromatic carbocycles. The van der Waals surface area contributed by atoms with Crippen LogP contribution in [0.5, 0.6) is 5.75 Å². The Bertz CT molecular complexity index is 670. The van der Waals surface area contributed by atoms with Crippen molar-refractivity contribution in [2.45, 2.75) is 39.7 Å². The van der Waals surface area contributed by atoms with Crippen molar-refractivity contribution in [3.8, 4) is 5.75 Å². The minimum atomic E-state index is 0. The molecule has 0 spiro atoms. The molecule has 0 saturated heterocycles. The standard InChI is InChI=1S/C19H28N4OS.HI/c1-14(2)17-13-25-18(23-17)12-22-19(20-4)21-10-5-11-24-16-8-6-15(3)7-9-16;/h6-9,13-14H,5,10-12H2,1-4H3,(H2,20,21,22);1H. The van der Waals surface area contributed by atoms with Crippen molar-refractivity contribution < 1.29 is 4.74 Å². The van der Waals surface area contributed by atoms with Gasteiger partial charge < -0.3 is 15.4 Å². The predicted molar refractivity (Wildman–Crippen MR) is 121 cm³/mol. The minimum Gasteiger partial charge on any atom is -0.494 e. The summed E-state index contributed by atoms with van der Waals surface area (Å²) in [6, 6.07) is 8.12. The fraction of sp³-hybridized carbons (Fsp3) is 0.474. The highest BCUT2D eigenvalue weighted by Gasteiger charge is 2.06. The highest BCUT2D eigenvalue weighted by molar-refractivity contribution is 14.0. The highest BCUT2D eigenvalue weighted by atomic mass is 127. The monoisotopic (exact) mass is 488 g/mol. The average molecular weight is 488 g/mol. The molecule has 0 aliphatic carbocycles. The molecule has 0 saturated carbocycles. The number of benzene rings is 1. The molecule has 0 unspecified atom stereocenters. The number of nitrogens with one attached hydrogen (secondary N) is 2. The Balaban J connectivity index is 0.00000338. The van der Waals surface area contributed by atoms with Crippen molar-refractivity contribution in [1.82, 2.24) is 15.6 Å². The predicted octanol–water partition coefficient (Wildman–Crippen LogP) is 4.33. The summed E-state index contributed by atoms with van der Waals surface area (Å²) in [6.45, 7) is 8.56. The summed E-state index contributed by atoms with van der Waals surface area (Å²) < 4.78 is 5.72. The summed E-state index contributed by atoms with van der Waals surface area (Å²) in [5.41, 5.74) is 2.39. The van der Waals surface area contributed by atoms with E-state index in [1.807, 2.05) is 12.1 Å². The summed E-state index contributed by atoms with van der Waals surface area (Å²) in [5, 5.41) is 9.80. The van der Waals surface area contributed by atoms with Crippen LogP contribution in [0.3, 0.4) is 0 Å². The molecule has 26 heavy (non-hydrogen) atoms. The van der Waals surface area contributed by atoms with Gasteiger partial charge in [-0.15, -0.1) is 35.3 Å². The number of guanidine groups is 1. The van der Waals surface area contributed by atoms with Gasteiger partial charge in [0, 0.05) is 19.0 Å². The lowest BCUT2D eigenvalue weighted by molar-refractivity contribution is 0.311. The van der Waals surface area contributed by atoms with Gasteiger partial charge in [-0.2, -0.15) is 0 Å². The van der Waals surface area contributed by atoms with Crippen LogP contribution in [-0.4, -0.2) is 31.1 Å². The molecule has 0 radical (unpaired) electrons. The summed E-state index contributed by atoms with van der Waals surface area (Å²) >= 11 is 1.68. The van der Waals surface area contributed by atoms with Gasteiger partial charge in [-0.25, -0.2) is 4.98 Å². The first-order valence-corrected chi connectivity index (χ1v) is 9.54. The summed E-state index contributed by atoms with van der Waals surface area (Å²) in [4.78, 5) is 8.86. The van der Waals surface area contributed by atoms with E-state index < -0.39 is 0 Å². The second-order valence-corrected chi connectivity index (χ2v) is 7.13. The summed E-state index contributed by atoms with van der Waals surface area (Å²) in [7, 11) is 1.78. The molecule has 5 nitrogen and oxygen atoms in total. The van der Waals surface area contributed by atoms with Gasteiger partial charge in [0.25, 0.3) is 0 Å². The van der Waals surface area contributed by atoms with Crippen LogP contribution >= 0.6 is 35.3 Å². The Kier molecular flexibility index (Phi) is 10.6. The molecule has 0 aliphatic heterocycles. The Labute approximate surface area is 177 Å². The topological polar surface area (TPSA) is 58.5 Å². The Hall–Kier alpha value is -1.35. The fourth-order valence-corrected chi connectivity index (χ4v) is 3.05. The van der Waals surface area contributed by atoms with Crippen LogP contribution in [0, 0.1) is 6.92 Å².